The first-order chi connectivity index (χ1) is 17.9. The summed E-state index contributed by atoms with van der Waals surface area (Å²) in [5.41, 5.74) is 8.01. The zero-order valence-electron chi connectivity index (χ0n) is 20.4. The fraction of sp³-hybridized carbons (Fsp3) is 0.455. The van der Waals surface area contributed by atoms with E-state index in [1.54, 1.807) is 11.0 Å². The average Bonchev–Trinajstić information content (AvgIpc) is 3.39. The fourth-order valence-corrected chi connectivity index (χ4v) is 5.58. The van der Waals surface area contributed by atoms with Gasteiger partial charge >= 0.3 is 0 Å². The van der Waals surface area contributed by atoms with Crippen molar-refractivity contribution in [3.8, 4) is 17.1 Å². The van der Waals surface area contributed by atoms with Gasteiger partial charge in [-0.05, 0) is 17.7 Å². The SMILES string of the molecule is COc1ncc(-c2cc(CN3CC(F)(F)C3)c3c(N)ncnn23)cc1C(=O)N[C@@H]1CN(S(C)(=O)=O)C[C@@H]1F. The number of methoxy groups -OCH3 is 1. The molecular formula is C22H25F3N8O4S. The molecule has 3 aromatic heterocycles. The van der Waals surface area contributed by atoms with Crippen LogP contribution in [0.25, 0.3) is 16.8 Å². The standard InChI is InChI=1S/C22H25F3N8O4S/c1-37-21-14(20(34)30-16-8-32(7-15(16)23)38(2,35)36)3-12(5-27-21)17-4-13(6-31-9-22(24,25)10-31)18-19(26)28-11-29-33(17)18/h3-5,11,15-16H,6-10H2,1-2H3,(H,30,34)(H2,26,28,29)/t15-,16+/m0/s1. The quantitative estimate of drug-likeness (QED) is 0.427. The van der Waals surface area contributed by atoms with Crippen LogP contribution >= 0.6 is 0 Å². The Labute approximate surface area is 215 Å². The number of sulfonamides is 1. The molecule has 5 heterocycles. The van der Waals surface area contributed by atoms with Crippen LogP contribution in [0.2, 0.25) is 0 Å². The lowest BCUT2D eigenvalue weighted by molar-refractivity contribution is -0.133. The van der Waals surface area contributed by atoms with Gasteiger partial charge in [-0.15, -0.1) is 0 Å². The highest BCUT2D eigenvalue weighted by Gasteiger charge is 2.44. The van der Waals surface area contributed by atoms with E-state index >= 15 is 0 Å². The number of alkyl halides is 3. The number of likely N-dealkylation sites (tertiary alicyclic amines) is 1. The van der Waals surface area contributed by atoms with Crippen LogP contribution in [-0.4, -0.2) is 101 Å². The van der Waals surface area contributed by atoms with Crippen LogP contribution in [0.4, 0.5) is 19.0 Å². The van der Waals surface area contributed by atoms with Gasteiger partial charge in [0.15, 0.2) is 5.82 Å². The van der Waals surface area contributed by atoms with Crippen molar-refractivity contribution < 1.29 is 31.1 Å². The largest absolute Gasteiger partial charge is 0.480 e. The summed E-state index contributed by atoms with van der Waals surface area (Å²) < 4.78 is 72.6. The highest BCUT2D eigenvalue weighted by atomic mass is 32.2. The molecule has 0 spiro atoms. The number of fused-ring (bicyclic) bond motifs is 1. The first-order valence-corrected chi connectivity index (χ1v) is 13.4. The summed E-state index contributed by atoms with van der Waals surface area (Å²) in [4.78, 5) is 22.9. The van der Waals surface area contributed by atoms with Crippen molar-refractivity contribution in [1.29, 1.82) is 0 Å². The summed E-state index contributed by atoms with van der Waals surface area (Å²) in [5, 5.41) is 6.78. The van der Waals surface area contributed by atoms with Crippen LogP contribution in [0.3, 0.4) is 0 Å². The molecule has 2 aliphatic rings. The van der Waals surface area contributed by atoms with Gasteiger partial charge in [0.05, 0.1) is 38.2 Å². The minimum atomic E-state index is -3.62. The highest BCUT2D eigenvalue weighted by molar-refractivity contribution is 7.88. The Hall–Kier alpha value is -3.50. The van der Waals surface area contributed by atoms with E-state index in [1.807, 2.05) is 0 Å². The highest BCUT2D eigenvalue weighted by Crippen LogP contribution is 2.33. The Morgan fingerprint density at radius 2 is 2.00 bits per heavy atom. The Bertz CT molecular complexity index is 1510. The molecular weight excluding hydrogens is 529 g/mol. The summed E-state index contributed by atoms with van der Waals surface area (Å²) in [6.07, 6.45) is 2.06. The van der Waals surface area contributed by atoms with E-state index in [2.05, 4.69) is 20.4 Å². The monoisotopic (exact) mass is 554 g/mol. The lowest BCUT2D eigenvalue weighted by Gasteiger charge is -2.38. The number of nitrogen functional groups attached to an aromatic ring is 1. The first-order valence-electron chi connectivity index (χ1n) is 11.5. The van der Waals surface area contributed by atoms with E-state index in [0.717, 1.165) is 10.6 Å². The molecule has 1 amide bonds. The van der Waals surface area contributed by atoms with E-state index in [-0.39, 0.29) is 50.0 Å². The number of nitrogens with two attached hydrogens (primary N) is 1. The number of pyridine rings is 1. The molecule has 0 aliphatic carbocycles. The number of amides is 1. The second-order valence-corrected chi connectivity index (χ2v) is 11.4. The van der Waals surface area contributed by atoms with Gasteiger partial charge in [-0.1, -0.05) is 0 Å². The first kappa shape index (κ1) is 26.1. The summed E-state index contributed by atoms with van der Waals surface area (Å²) >= 11 is 0. The van der Waals surface area contributed by atoms with Crippen molar-refractivity contribution in [2.24, 2.45) is 0 Å². The van der Waals surface area contributed by atoms with E-state index in [4.69, 9.17) is 10.5 Å². The van der Waals surface area contributed by atoms with Crippen LogP contribution < -0.4 is 15.8 Å². The molecule has 3 N–H and O–H groups in total. The normalized spacial score (nSPS) is 21.9. The van der Waals surface area contributed by atoms with Gasteiger partial charge in [-0.25, -0.2) is 36.1 Å². The number of carbonyl (C=O) groups is 1. The predicted octanol–water partition coefficient (Wildman–Crippen LogP) is 0.545. The molecule has 2 atom stereocenters. The van der Waals surface area contributed by atoms with Crippen LogP contribution in [0.1, 0.15) is 15.9 Å². The maximum atomic E-state index is 14.5. The molecule has 12 nitrogen and oxygen atoms in total. The average molecular weight is 555 g/mol. The fourth-order valence-electron chi connectivity index (χ4n) is 4.73. The molecule has 0 aromatic carbocycles. The van der Waals surface area contributed by atoms with Crippen LogP contribution in [0, 0.1) is 0 Å². The van der Waals surface area contributed by atoms with E-state index in [1.165, 1.54) is 30.2 Å². The molecule has 2 aliphatic heterocycles. The Kier molecular flexibility index (Phi) is 6.43. The lowest BCUT2D eigenvalue weighted by Crippen LogP contribution is -2.55. The van der Waals surface area contributed by atoms with E-state index < -0.39 is 34.1 Å². The maximum absolute atomic E-state index is 14.5. The third kappa shape index (κ3) is 4.86. The molecule has 3 aromatic rings. The number of nitrogens with zero attached hydrogens (tertiary/aromatic N) is 6. The topological polar surface area (TPSA) is 148 Å². The number of aromatic nitrogens is 4. The third-order valence-corrected chi connectivity index (χ3v) is 7.79. The number of rotatable bonds is 7. The molecule has 5 rings (SSSR count). The number of hydrogen-bond donors (Lipinski definition) is 2. The molecule has 0 bridgehead atoms. The summed E-state index contributed by atoms with van der Waals surface area (Å²) in [6, 6.07) is 2.12. The van der Waals surface area contributed by atoms with Crippen LogP contribution in [-0.2, 0) is 16.6 Å². The number of ether oxygens (including phenoxy) is 1. The minimum absolute atomic E-state index is 0.0177. The van der Waals surface area contributed by atoms with Gasteiger partial charge in [0.2, 0.25) is 15.9 Å². The van der Waals surface area contributed by atoms with E-state index in [0.29, 0.717) is 22.3 Å². The Balaban J connectivity index is 1.47. The van der Waals surface area contributed by atoms with Gasteiger partial charge < -0.3 is 15.8 Å². The van der Waals surface area contributed by atoms with Gasteiger partial charge in [0, 0.05) is 31.4 Å². The van der Waals surface area contributed by atoms with Gasteiger partial charge in [0.1, 0.15) is 23.6 Å². The second kappa shape index (κ2) is 9.36. The van der Waals surface area contributed by atoms with Crippen LogP contribution in [0.15, 0.2) is 24.7 Å². The molecule has 38 heavy (non-hydrogen) atoms. The number of hydrogen-bond acceptors (Lipinski definition) is 9. The smallest absolute Gasteiger partial charge is 0.272 e. The molecule has 204 valence electrons. The van der Waals surface area contributed by atoms with Crippen molar-refractivity contribution in [3.63, 3.8) is 0 Å². The molecule has 2 saturated heterocycles. The lowest BCUT2D eigenvalue weighted by atomic mass is 10.1. The molecule has 16 heteroatoms. The van der Waals surface area contributed by atoms with Crippen molar-refractivity contribution in [2.75, 3.05) is 45.3 Å². The van der Waals surface area contributed by atoms with Crippen molar-refractivity contribution in [1.82, 2.24) is 34.1 Å². The van der Waals surface area contributed by atoms with Crippen molar-refractivity contribution in [2.45, 2.75) is 24.7 Å². The number of carbonyl (C=O) groups excluding carboxylic acids is 1. The number of anilines is 1. The summed E-state index contributed by atoms with van der Waals surface area (Å²) in [5.74, 6) is -3.33. The molecule has 2 fully saturated rings. The predicted molar refractivity (Wildman–Crippen MR) is 130 cm³/mol. The second-order valence-electron chi connectivity index (χ2n) is 9.42. The zero-order valence-corrected chi connectivity index (χ0v) is 21.3. The van der Waals surface area contributed by atoms with Gasteiger partial charge in [0.25, 0.3) is 11.8 Å². The summed E-state index contributed by atoms with van der Waals surface area (Å²) in [6.45, 7) is -1.14. The van der Waals surface area contributed by atoms with Crippen molar-refractivity contribution >= 4 is 27.3 Å². The van der Waals surface area contributed by atoms with Gasteiger partial charge in [-0.3, -0.25) is 9.69 Å². The van der Waals surface area contributed by atoms with Crippen LogP contribution in [0.5, 0.6) is 5.88 Å². The summed E-state index contributed by atoms with van der Waals surface area (Å²) in [7, 11) is -2.31. The molecule has 0 radical (unpaired) electrons. The van der Waals surface area contributed by atoms with E-state index in [9.17, 15) is 26.4 Å². The molecule has 0 unspecified atom stereocenters. The maximum Gasteiger partial charge on any atom is 0.272 e. The Morgan fingerprint density at radius 3 is 2.63 bits per heavy atom. The number of halogens is 3. The third-order valence-electron chi connectivity index (χ3n) is 6.55. The van der Waals surface area contributed by atoms with Gasteiger partial charge in [-0.2, -0.15) is 9.40 Å². The Morgan fingerprint density at radius 1 is 1.26 bits per heavy atom. The number of nitrogens with one attached hydrogen (secondary N) is 1. The minimum Gasteiger partial charge on any atom is -0.480 e. The van der Waals surface area contributed by atoms with Crippen molar-refractivity contribution in [3.05, 3.63) is 35.8 Å². The zero-order chi connectivity index (χ0) is 27.4. The molecule has 0 saturated carbocycles.